The van der Waals surface area contributed by atoms with Gasteiger partial charge in [-0.1, -0.05) is 25.1 Å². The van der Waals surface area contributed by atoms with E-state index in [1.165, 1.54) is 11.1 Å². The minimum Gasteiger partial charge on any atom is -0.495 e. The molecule has 5 N–H and O–H groups in total. The second kappa shape index (κ2) is 9.85. The van der Waals surface area contributed by atoms with Gasteiger partial charge in [0.15, 0.2) is 11.5 Å². The first-order chi connectivity index (χ1) is 16.7. The fourth-order valence-electron chi connectivity index (χ4n) is 4.19. The van der Waals surface area contributed by atoms with Crippen LogP contribution in [0.3, 0.4) is 0 Å². The molecular weight excluding hydrogens is 446 g/mol. The predicted molar refractivity (Wildman–Crippen MR) is 134 cm³/mol. The first-order valence-electron chi connectivity index (χ1n) is 11.5. The van der Waals surface area contributed by atoms with E-state index in [1.807, 2.05) is 24.3 Å². The number of nitrogens with one attached hydrogen (secondary N) is 2. The monoisotopic (exact) mass is 477 g/mol. The maximum absolute atomic E-state index is 12.0. The van der Waals surface area contributed by atoms with E-state index in [0.29, 0.717) is 22.7 Å². The van der Waals surface area contributed by atoms with E-state index in [1.54, 1.807) is 33.1 Å². The zero-order valence-corrected chi connectivity index (χ0v) is 20.4. The number of aliphatic hydroxyl groups is 1. The van der Waals surface area contributed by atoms with Crippen molar-refractivity contribution in [2.24, 2.45) is 5.73 Å². The highest BCUT2D eigenvalue weighted by atomic mass is 16.5. The molecule has 0 radical (unpaired) electrons. The highest BCUT2D eigenvalue weighted by Crippen LogP contribution is 2.34. The van der Waals surface area contributed by atoms with Crippen molar-refractivity contribution in [2.45, 2.75) is 39.3 Å². The third kappa shape index (κ3) is 5.33. The topological polar surface area (TPSA) is 139 Å². The summed E-state index contributed by atoms with van der Waals surface area (Å²) in [6, 6.07) is 11.3. The number of nitrogens with two attached hydrogens (primary N) is 1. The van der Waals surface area contributed by atoms with Crippen LogP contribution < -0.4 is 21.1 Å². The Morgan fingerprint density at radius 3 is 2.63 bits per heavy atom. The second-order valence-electron chi connectivity index (χ2n) is 8.99. The van der Waals surface area contributed by atoms with Gasteiger partial charge in [-0.25, -0.2) is 0 Å². The van der Waals surface area contributed by atoms with Crippen molar-refractivity contribution in [3.05, 3.63) is 58.8 Å². The van der Waals surface area contributed by atoms with Gasteiger partial charge in [-0.3, -0.25) is 9.69 Å². The van der Waals surface area contributed by atoms with E-state index >= 15 is 0 Å². The summed E-state index contributed by atoms with van der Waals surface area (Å²) in [6.45, 7) is 8.35. The molecule has 1 amide bonds. The van der Waals surface area contributed by atoms with Crippen molar-refractivity contribution < 1.29 is 14.6 Å². The molecule has 2 aromatic carbocycles. The van der Waals surface area contributed by atoms with Crippen molar-refractivity contribution in [3.8, 4) is 5.75 Å². The van der Waals surface area contributed by atoms with E-state index in [9.17, 15) is 9.90 Å². The number of likely N-dealkylation sites (N-methyl/N-ethyl adjacent to an activating group) is 1. The summed E-state index contributed by atoms with van der Waals surface area (Å²) in [5.41, 5.74) is 8.64. The molecule has 0 fully saturated rings. The number of amides is 1. The molecule has 4 rings (SSSR count). The normalized spacial score (nSPS) is 13.7. The number of ether oxygens (including phenoxy) is 1. The Labute approximate surface area is 204 Å². The second-order valence-corrected chi connectivity index (χ2v) is 8.99. The van der Waals surface area contributed by atoms with Gasteiger partial charge >= 0.3 is 0 Å². The van der Waals surface area contributed by atoms with Gasteiger partial charge in [0, 0.05) is 24.3 Å². The molecule has 0 saturated carbocycles. The van der Waals surface area contributed by atoms with E-state index in [-0.39, 0.29) is 17.5 Å². The number of fused-ring (bicyclic) bond motifs is 1. The SMILES string of the molecule is CCN1CCc2cc(OC)c(Nc3nnc(C(N)=O)c(Nc4ccccc4C(C)(C)O)n3)cc2C1. The number of carbonyl (C=O) groups excluding carboxylic acids is 1. The zero-order chi connectivity index (χ0) is 25.2. The average Bonchev–Trinajstić information content (AvgIpc) is 2.83. The Bertz CT molecular complexity index is 1240. The van der Waals surface area contributed by atoms with Gasteiger partial charge in [0.1, 0.15) is 5.75 Å². The molecule has 0 aliphatic carbocycles. The van der Waals surface area contributed by atoms with Gasteiger partial charge in [-0.05, 0) is 56.1 Å². The van der Waals surface area contributed by atoms with Crippen LogP contribution in [0.15, 0.2) is 36.4 Å². The number of primary amides is 1. The van der Waals surface area contributed by atoms with Gasteiger partial charge in [0.25, 0.3) is 5.91 Å². The lowest BCUT2D eigenvalue weighted by molar-refractivity contribution is 0.0793. The summed E-state index contributed by atoms with van der Waals surface area (Å²) in [7, 11) is 1.62. The fourth-order valence-corrected chi connectivity index (χ4v) is 4.19. The molecule has 0 atom stereocenters. The summed E-state index contributed by atoms with van der Waals surface area (Å²) >= 11 is 0. The van der Waals surface area contributed by atoms with E-state index < -0.39 is 11.5 Å². The first kappa shape index (κ1) is 24.4. The summed E-state index contributed by atoms with van der Waals surface area (Å²) < 4.78 is 5.61. The van der Waals surface area contributed by atoms with Crippen LogP contribution in [-0.4, -0.2) is 51.3 Å². The molecule has 1 aromatic heterocycles. The number of para-hydroxylation sites is 1. The summed E-state index contributed by atoms with van der Waals surface area (Å²) in [5.74, 6) is 0.185. The van der Waals surface area contributed by atoms with Crippen molar-refractivity contribution in [3.63, 3.8) is 0 Å². The Morgan fingerprint density at radius 2 is 1.94 bits per heavy atom. The Balaban J connectivity index is 1.69. The van der Waals surface area contributed by atoms with Crippen molar-refractivity contribution in [1.82, 2.24) is 20.1 Å². The highest BCUT2D eigenvalue weighted by molar-refractivity contribution is 5.96. The number of carbonyl (C=O) groups is 1. The van der Waals surface area contributed by atoms with Crippen LogP contribution in [0, 0.1) is 0 Å². The van der Waals surface area contributed by atoms with Crippen molar-refractivity contribution in [1.29, 1.82) is 0 Å². The molecule has 0 unspecified atom stereocenters. The first-order valence-corrected chi connectivity index (χ1v) is 11.5. The van der Waals surface area contributed by atoms with Crippen LogP contribution in [0.5, 0.6) is 5.75 Å². The molecule has 1 aliphatic heterocycles. The predicted octanol–water partition coefficient (Wildman–Crippen LogP) is 3.07. The number of anilines is 4. The van der Waals surface area contributed by atoms with Gasteiger partial charge in [-0.15, -0.1) is 10.2 Å². The lowest BCUT2D eigenvalue weighted by Gasteiger charge is -2.28. The molecule has 3 aromatic rings. The quantitative estimate of drug-likeness (QED) is 0.385. The number of nitrogens with zero attached hydrogens (tertiary/aromatic N) is 4. The van der Waals surface area contributed by atoms with Gasteiger partial charge in [-0.2, -0.15) is 4.98 Å². The molecule has 1 aliphatic rings. The number of hydrogen-bond donors (Lipinski definition) is 4. The zero-order valence-electron chi connectivity index (χ0n) is 20.4. The standard InChI is InChI=1S/C25H31N7O3/c1-5-32-11-10-15-13-20(35-4)19(12-16(15)14-32)28-24-29-23(21(22(26)33)30-31-24)27-18-9-7-6-8-17(18)25(2,3)34/h6-9,12-13,34H,5,10-11,14H2,1-4H3,(H2,26,33)(H2,27,28,29,31). The summed E-state index contributed by atoms with van der Waals surface area (Å²) in [4.78, 5) is 18.9. The number of aromatic nitrogens is 3. The summed E-state index contributed by atoms with van der Waals surface area (Å²) in [6.07, 6.45) is 0.958. The molecular formula is C25H31N7O3. The van der Waals surface area contributed by atoms with Gasteiger partial charge < -0.3 is 26.2 Å². The van der Waals surface area contributed by atoms with Gasteiger partial charge in [0.05, 0.1) is 18.4 Å². The van der Waals surface area contributed by atoms with E-state index in [0.717, 1.165) is 26.1 Å². The van der Waals surface area contributed by atoms with Crippen LogP contribution in [0.1, 0.15) is 48.0 Å². The van der Waals surface area contributed by atoms with Gasteiger partial charge in [0.2, 0.25) is 5.95 Å². The summed E-state index contributed by atoms with van der Waals surface area (Å²) in [5, 5.41) is 24.9. The number of hydrogen-bond acceptors (Lipinski definition) is 9. The Hall–Kier alpha value is -3.76. The number of benzene rings is 2. The number of rotatable bonds is 8. The molecule has 184 valence electrons. The third-order valence-electron chi connectivity index (χ3n) is 6.07. The molecule has 0 spiro atoms. The Kier molecular flexibility index (Phi) is 6.86. The van der Waals surface area contributed by atoms with E-state index in [4.69, 9.17) is 10.5 Å². The largest absolute Gasteiger partial charge is 0.495 e. The van der Waals surface area contributed by atoms with Crippen LogP contribution >= 0.6 is 0 Å². The van der Waals surface area contributed by atoms with Crippen LogP contribution in [0.4, 0.5) is 23.1 Å². The minimum atomic E-state index is -1.12. The lowest BCUT2D eigenvalue weighted by atomic mass is 9.96. The molecule has 10 nitrogen and oxygen atoms in total. The smallest absolute Gasteiger partial charge is 0.273 e. The van der Waals surface area contributed by atoms with Crippen LogP contribution in [0.2, 0.25) is 0 Å². The third-order valence-corrected chi connectivity index (χ3v) is 6.07. The van der Waals surface area contributed by atoms with E-state index in [2.05, 4.69) is 37.6 Å². The molecule has 35 heavy (non-hydrogen) atoms. The molecule has 2 heterocycles. The van der Waals surface area contributed by atoms with Crippen LogP contribution in [-0.2, 0) is 18.6 Å². The van der Waals surface area contributed by atoms with Crippen molar-refractivity contribution in [2.75, 3.05) is 30.8 Å². The molecule has 0 saturated heterocycles. The fraction of sp³-hybridized carbons (Fsp3) is 0.360. The maximum atomic E-state index is 12.0. The van der Waals surface area contributed by atoms with Crippen molar-refractivity contribution >= 4 is 29.0 Å². The number of methoxy groups -OCH3 is 1. The Morgan fingerprint density at radius 1 is 1.17 bits per heavy atom. The maximum Gasteiger partial charge on any atom is 0.273 e. The molecule has 10 heteroatoms. The highest BCUT2D eigenvalue weighted by Gasteiger charge is 2.23. The minimum absolute atomic E-state index is 0.114. The average molecular weight is 478 g/mol. The molecule has 0 bridgehead atoms. The lowest BCUT2D eigenvalue weighted by Crippen LogP contribution is -2.30. The van der Waals surface area contributed by atoms with Crippen LogP contribution in [0.25, 0.3) is 0 Å².